The van der Waals surface area contributed by atoms with Crippen molar-refractivity contribution in [3.05, 3.63) is 125 Å². The van der Waals surface area contributed by atoms with E-state index in [1.54, 1.807) is 14.2 Å². The van der Waals surface area contributed by atoms with E-state index in [0.29, 0.717) is 22.2 Å². The maximum absolute atomic E-state index is 13.8. The molecular formula is C32H27ClN2O4. The number of hydrogen-bond donors (Lipinski definition) is 1. The first-order chi connectivity index (χ1) is 19.1. The van der Waals surface area contributed by atoms with Crippen LogP contribution in [0.3, 0.4) is 0 Å². The van der Waals surface area contributed by atoms with Gasteiger partial charge in [0.05, 0.1) is 25.6 Å². The van der Waals surface area contributed by atoms with E-state index >= 15 is 0 Å². The number of anilines is 2. The maximum atomic E-state index is 13.8. The fourth-order valence-electron chi connectivity index (χ4n) is 4.26. The molecular weight excluding hydrogens is 512 g/mol. The Hall–Kier alpha value is -4.68. The van der Waals surface area contributed by atoms with Crippen LogP contribution in [-0.2, 0) is 11.3 Å². The number of hydrogen-bond acceptors (Lipinski definition) is 5. The number of nitrogens with one attached hydrogen (secondary N) is 1. The van der Waals surface area contributed by atoms with E-state index in [0.717, 1.165) is 33.9 Å². The number of aromatic nitrogens is 1. The number of benzene rings is 4. The Morgan fingerprint density at radius 1 is 0.795 bits per heavy atom. The second kappa shape index (κ2) is 11.8. The zero-order valence-electron chi connectivity index (χ0n) is 21.6. The summed E-state index contributed by atoms with van der Waals surface area (Å²) in [6, 6.07) is 34.1. The van der Waals surface area contributed by atoms with Gasteiger partial charge in [0.25, 0.3) is 0 Å². The normalized spacial score (nSPS) is 10.6. The van der Waals surface area contributed by atoms with E-state index in [9.17, 15) is 4.79 Å². The molecule has 39 heavy (non-hydrogen) atoms. The highest BCUT2D eigenvalue weighted by Gasteiger charge is 2.25. The summed E-state index contributed by atoms with van der Waals surface area (Å²) in [6.07, 6.45) is 0. The monoisotopic (exact) mass is 538 g/mol. The molecule has 196 valence electrons. The summed E-state index contributed by atoms with van der Waals surface area (Å²) in [5, 5.41) is 4.03. The predicted octanol–water partition coefficient (Wildman–Crippen LogP) is 7.92. The van der Waals surface area contributed by atoms with Crippen LogP contribution in [0.4, 0.5) is 11.4 Å². The molecule has 0 spiro atoms. The number of ether oxygens (including phenoxy) is 3. The van der Waals surface area contributed by atoms with E-state index in [4.69, 9.17) is 25.8 Å². The van der Waals surface area contributed by atoms with E-state index in [2.05, 4.69) is 5.32 Å². The Bertz CT molecular complexity index is 1550. The number of nitrogens with zero attached hydrogens (tertiary/aromatic N) is 1. The van der Waals surface area contributed by atoms with Gasteiger partial charge in [0.1, 0.15) is 18.1 Å². The van der Waals surface area contributed by atoms with Gasteiger partial charge in [0.15, 0.2) is 5.69 Å². The molecule has 7 heteroatoms. The Morgan fingerprint density at radius 2 is 1.41 bits per heavy atom. The Balaban J connectivity index is 1.65. The van der Waals surface area contributed by atoms with Gasteiger partial charge in [-0.3, -0.25) is 0 Å². The second-order valence-electron chi connectivity index (χ2n) is 8.75. The lowest BCUT2D eigenvalue weighted by molar-refractivity contribution is 0.0464. The molecule has 0 aliphatic carbocycles. The van der Waals surface area contributed by atoms with Crippen molar-refractivity contribution in [1.29, 1.82) is 0 Å². The van der Waals surface area contributed by atoms with Crippen LogP contribution in [0.2, 0.25) is 5.02 Å². The first-order valence-electron chi connectivity index (χ1n) is 12.3. The van der Waals surface area contributed by atoms with Crippen LogP contribution >= 0.6 is 11.6 Å². The fourth-order valence-corrected chi connectivity index (χ4v) is 4.39. The van der Waals surface area contributed by atoms with Crippen LogP contribution in [0.1, 0.15) is 16.1 Å². The standard InChI is InChI=1S/C32H27ClN2O4/c1-37-27-16-12-25(13-17-27)34-29-20-30(23-8-10-24(33)11-9-23)35(26-14-18-28(38-2)19-15-26)31(29)32(36)39-21-22-6-4-3-5-7-22/h3-20,34H,21H2,1-2H3. The summed E-state index contributed by atoms with van der Waals surface area (Å²) in [5.41, 5.74) is 5.10. The van der Waals surface area contributed by atoms with Gasteiger partial charge in [0.2, 0.25) is 0 Å². The highest BCUT2D eigenvalue weighted by Crippen LogP contribution is 2.36. The number of esters is 1. The predicted molar refractivity (Wildman–Crippen MR) is 155 cm³/mol. The van der Waals surface area contributed by atoms with E-state index in [1.807, 2.05) is 114 Å². The van der Waals surface area contributed by atoms with Crippen molar-refractivity contribution in [2.45, 2.75) is 6.61 Å². The van der Waals surface area contributed by atoms with Crippen LogP contribution in [0.5, 0.6) is 11.5 Å². The van der Waals surface area contributed by atoms with Crippen LogP contribution in [0.15, 0.2) is 109 Å². The smallest absolute Gasteiger partial charge is 0.357 e. The molecule has 6 nitrogen and oxygen atoms in total. The average Bonchev–Trinajstić information content (AvgIpc) is 3.36. The molecule has 5 rings (SSSR count). The third-order valence-corrected chi connectivity index (χ3v) is 6.50. The van der Waals surface area contributed by atoms with Gasteiger partial charge in [0, 0.05) is 16.4 Å². The molecule has 0 aliphatic heterocycles. The van der Waals surface area contributed by atoms with Crippen LogP contribution < -0.4 is 14.8 Å². The van der Waals surface area contributed by atoms with E-state index in [1.165, 1.54) is 0 Å². The van der Waals surface area contributed by atoms with Gasteiger partial charge in [-0.2, -0.15) is 0 Å². The quantitative estimate of drug-likeness (QED) is 0.193. The van der Waals surface area contributed by atoms with E-state index in [-0.39, 0.29) is 6.61 Å². The zero-order chi connectivity index (χ0) is 27.2. The zero-order valence-corrected chi connectivity index (χ0v) is 22.3. The SMILES string of the molecule is COc1ccc(Nc2cc(-c3ccc(Cl)cc3)n(-c3ccc(OC)cc3)c2C(=O)OCc2ccccc2)cc1. The van der Waals surface area contributed by atoms with Crippen molar-refractivity contribution in [1.82, 2.24) is 4.57 Å². The minimum atomic E-state index is -0.467. The van der Waals surface area contributed by atoms with Crippen LogP contribution in [-0.4, -0.2) is 24.8 Å². The lowest BCUT2D eigenvalue weighted by atomic mass is 10.1. The van der Waals surface area contributed by atoms with Crippen molar-refractivity contribution in [2.24, 2.45) is 0 Å². The molecule has 0 amide bonds. The highest BCUT2D eigenvalue weighted by atomic mass is 35.5. The second-order valence-corrected chi connectivity index (χ2v) is 9.18. The van der Waals surface area contributed by atoms with Gasteiger partial charge < -0.3 is 24.1 Å². The summed E-state index contributed by atoms with van der Waals surface area (Å²) >= 11 is 6.19. The Morgan fingerprint density at radius 3 is 2.03 bits per heavy atom. The number of carbonyl (C=O) groups is 1. The highest BCUT2D eigenvalue weighted by molar-refractivity contribution is 6.30. The topological polar surface area (TPSA) is 61.7 Å². The largest absolute Gasteiger partial charge is 0.497 e. The first-order valence-corrected chi connectivity index (χ1v) is 12.7. The van der Waals surface area contributed by atoms with Crippen LogP contribution in [0.25, 0.3) is 16.9 Å². The van der Waals surface area contributed by atoms with Gasteiger partial charge in [-0.15, -0.1) is 0 Å². The molecule has 1 aromatic heterocycles. The average molecular weight is 539 g/mol. The molecule has 0 saturated carbocycles. The minimum absolute atomic E-state index is 0.145. The molecule has 0 saturated heterocycles. The molecule has 0 fully saturated rings. The molecule has 1 N–H and O–H groups in total. The molecule has 0 unspecified atom stereocenters. The van der Waals surface area contributed by atoms with Crippen molar-refractivity contribution in [3.63, 3.8) is 0 Å². The summed E-state index contributed by atoms with van der Waals surface area (Å²) in [4.78, 5) is 13.8. The van der Waals surface area contributed by atoms with E-state index < -0.39 is 5.97 Å². The van der Waals surface area contributed by atoms with Crippen molar-refractivity contribution < 1.29 is 19.0 Å². The molecule has 5 aromatic rings. The maximum Gasteiger partial charge on any atom is 0.357 e. The van der Waals surface area contributed by atoms with Crippen molar-refractivity contribution in [3.8, 4) is 28.4 Å². The molecule has 1 heterocycles. The number of carbonyl (C=O) groups excluding carboxylic acids is 1. The lowest BCUT2D eigenvalue weighted by Crippen LogP contribution is -2.14. The Kier molecular flexibility index (Phi) is 7.85. The summed E-state index contributed by atoms with van der Waals surface area (Å²) in [6.45, 7) is 0.145. The summed E-state index contributed by atoms with van der Waals surface area (Å²) in [5.74, 6) is 0.982. The molecule has 0 radical (unpaired) electrons. The fraction of sp³-hybridized carbons (Fsp3) is 0.0938. The van der Waals surface area contributed by atoms with Gasteiger partial charge in [-0.1, -0.05) is 54.1 Å². The van der Waals surface area contributed by atoms with Gasteiger partial charge >= 0.3 is 5.97 Å². The summed E-state index contributed by atoms with van der Waals surface area (Å²) < 4.78 is 18.4. The third-order valence-electron chi connectivity index (χ3n) is 6.25. The van der Waals surface area contributed by atoms with Crippen molar-refractivity contribution >= 4 is 28.9 Å². The number of methoxy groups -OCH3 is 2. The lowest BCUT2D eigenvalue weighted by Gasteiger charge is -2.15. The Labute approximate surface area is 232 Å². The molecule has 0 bridgehead atoms. The summed E-state index contributed by atoms with van der Waals surface area (Å²) in [7, 11) is 3.24. The number of rotatable bonds is 9. The minimum Gasteiger partial charge on any atom is -0.497 e. The number of halogens is 1. The molecule has 0 aliphatic rings. The first kappa shape index (κ1) is 25.9. The molecule has 4 aromatic carbocycles. The van der Waals surface area contributed by atoms with Crippen LogP contribution in [0, 0.1) is 0 Å². The van der Waals surface area contributed by atoms with Gasteiger partial charge in [-0.25, -0.2) is 4.79 Å². The van der Waals surface area contributed by atoms with Crippen molar-refractivity contribution in [2.75, 3.05) is 19.5 Å². The third kappa shape index (κ3) is 5.92. The van der Waals surface area contributed by atoms with Gasteiger partial charge in [-0.05, 0) is 77.9 Å². The molecule has 0 atom stereocenters.